The number of hydrogen-bond donors (Lipinski definition) is 2. The summed E-state index contributed by atoms with van der Waals surface area (Å²) in [6, 6.07) is 8.45. The number of rotatable bonds is 6. The summed E-state index contributed by atoms with van der Waals surface area (Å²) < 4.78 is 0. The normalized spacial score (nSPS) is 10.3. The molecule has 0 aliphatic heterocycles. The van der Waals surface area contributed by atoms with Crippen LogP contribution >= 0.6 is 11.3 Å². The van der Waals surface area contributed by atoms with Crippen LogP contribution in [0.3, 0.4) is 0 Å². The van der Waals surface area contributed by atoms with E-state index in [-0.39, 0.29) is 5.91 Å². The molecule has 0 spiro atoms. The first-order valence-electron chi connectivity index (χ1n) is 6.66. The zero-order valence-corrected chi connectivity index (χ0v) is 12.6. The van der Waals surface area contributed by atoms with Crippen molar-refractivity contribution < 1.29 is 4.79 Å². The number of aromatic nitrogens is 1. The molecule has 5 heteroatoms. The van der Waals surface area contributed by atoms with Crippen molar-refractivity contribution in [2.45, 2.75) is 19.8 Å². The molecular formula is C15H19N3OS. The van der Waals surface area contributed by atoms with Crippen LogP contribution in [0.4, 0.5) is 5.13 Å². The van der Waals surface area contributed by atoms with Crippen LogP contribution in [0, 0.1) is 0 Å². The third kappa shape index (κ3) is 4.06. The van der Waals surface area contributed by atoms with Crippen LogP contribution in [-0.4, -0.2) is 24.5 Å². The molecule has 0 aliphatic rings. The Morgan fingerprint density at radius 2 is 2.05 bits per heavy atom. The number of nitrogens with zero attached hydrogens (tertiary/aromatic N) is 1. The summed E-state index contributed by atoms with van der Waals surface area (Å²) in [5, 5.41) is 8.84. The van der Waals surface area contributed by atoms with E-state index in [9.17, 15) is 4.79 Å². The molecule has 0 radical (unpaired) electrons. The highest BCUT2D eigenvalue weighted by Crippen LogP contribution is 2.24. The summed E-state index contributed by atoms with van der Waals surface area (Å²) in [6.45, 7) is 2.27. The minimum absolute atomic E-state index is 0.0317. The Balaban J connectivity index is 1.91. The summed E-state index contributed by atoms with van der Waals surface area (Å²) in [5.74, 6) is 0.0317. The second-order valence-corrected chi connectivity index (χ2v) is 5.43. The lowest BCUT2D eigenvalue weighted by Crippen LogP contribution is -2.21. The molecule has 1 amide bonds. The molecule has 0 fully saturated rings. The zero-order valence-electron chi connectivity index (χ0n) is 11.8. The fourth-order valence-corrected chi connectivity index (χ4v) is 2.60. The molecule has 1 aromatic heterocycles. The van der Waals surface area contributed by atoms with Crippen molar-refractivity contribution in [1.82, 2.24) is 10.3 Å². The maximum absolute atomic E-state index is 10.8. The van der Waals surface area contributed by atoms with E-state index >= 15 is 0 Å². The fourth-order valence-electron chi connectivity index (χ4n) is 1.92. The first-order valence-corrected chi connectivity index (χ1v) is 7.54. The highest BCUT2D eigenvalue weighted by Gasteiger charge is 2.03. The quantitative estimate of drug-likeness (QED) is 0.804. The van der Waals surface area contributed by atoms with Crippen molar-refractivity contribution in [3.63, 3.8) is 0 Å². The Bertz CT molecular complexity index is 563. The summed E-state index contributed by atoms with van der Waals surface area (Å²) in [5.41, 5.74) is 3.42. The number of amides is 1. The predicted octanol–water partition coefficient (Wildman–Crippen LogP) is 2.92. The van der Waals surface area contributed by atoms with Gasteiger partial charge in [0, 0.05) is 31.5 Å². The van der Waals surface area contributed by atoms with Crippen LogP contribution in [-0.2, 0) is 11.2 Å². The molecule has 2 rings (SSSR count). The maximum atomic E-state index is 10.8. The van der Waals surface area contributed by atoms with E-state index in [1.165, 1.54) is 5.56 Å². The van der Waals surface area contributed by atoms with Crippen LogP contribution in [0.2, 0.25) is 0 Å². The molecule has 2 N–H and O–H groups in total. The van der Waals surface area contributed by atoms with Gasteiger partial charge in [-0.1, -0.05) is 24.3 Å². The summed E-state index contributed by atoms with van der Waals surface area (Å²) in [7, 11) is 1.88. The summed E-state index contributed by atoms with van der Waals surface area (Å²) >= 11 is 1.61. The van der Waals surface area contributed by atoms with Crippen LogP contribution in [0.5, 0.6) is 0 Å². The van der Waals surface area contributed by atoms with Crippen LogP contribution in [0.15, 0.2) is 29.6 Å². The average molecular weight is 289 g/mol. The van der Waals surface area contributed by atoms with E-state index in [0.29, 0.717) is 0 Å². The molecule has 2 aromatic rings. The maximum Gasteiger partial charge on any atom is 0.216 e. The Kier molecular flexibility index (Phi) is 5.12. The number of thiazole rings is 1. The second-order valence-electron chi connectivity index (χ2n) is 4.57. The molecule has 0 saturated carbocycles. The molecule has 0 saturated heterocycles. The third-order valence-electron chi connectivity index (χ3n) is 2.98. The highest BCUT2D eigenvalue weighted by molar-refractivity contribution is 7.14. The largest absolute Gasteiger partial charge is 0.365 e. The second kappa shape index (κ2) is 7.05. The summed E-state index contributed by atoms with van der Waals surface area (Å²) in [4.78, 5) is 15.2. The van der Waals surface area contributed by atoms with Crippen molar-refractivity contribution in [3.05, 3.63) is 35.2 Å². The number of anilines is 1. The fraction of sp³-hybridized carbons (Fsp3) is 0.333. The number of carbonyl (C=O) groups excluding carboxylic acids is 1. The van der Waals surface area contributed by atoms with Gasteiger partial charge in [-0.15, -0.1) is 11.3 Å². The van der Waals surface area contributed by atoms with Crippen molar-refractivity contribution in [2.24, 2.45) is 0 Å². The standard InChI is InChI=1S/C15H19N3OS/c1-11(19)17-9-3-4-12-5-7-13(8-6-12)14-10-20-15(16-2)18-14/h5-8,10H,3-4,9H2,1-2H3,(H,16,18)(H,17,19). The minimum Gasteiger partial charge on any atom is -0.365 e. The number of carbonyl (C=O) groups is 1. The number of benzene rings is 1. The van der Waals surface area contributed by atoms with Gasteiger partial charge < -0.3 is 10.6 Å². The molecule has 0 aliphatic carbocycles. The van der Waals surface area contributed by atoms with Crippen LogP contribution < -0.4 is 10.6 Å². The lowest BCUT2D eigenvalue weighted by Gasteiger charge is -2.04. The Morgan fingerprint density at radius 3 is 2.65 bits per heavy atom. The minimum atomic E-state index is 0.0317. The lowest BCUT2D eigenvalue weighted by molar-refractivity contribution is -0.118. The monoisotopic (exact) mass is 289 g/mol. The van der Waals surface area contributed by atoms with Gasteiger partial charge in [0.2, 0.25) is 5.91 Å². The SMILES string of the molecule is CNc1nc(-c2ccc(CCCNC(C)=O)cc2)cs1. The molecule has 20 heavy (non-hydrogen) atoms. The molecule has 0 atom stereocenters. The first-order chi connectivity index (χ1) is 9.69. The predicted molar refractivity (Wildman–Crippen MR) is 84.1 cm³/mol. The van der Waals surface area contributed by atoms with E-state index in [4.69, 9.17) is 0 Å². The van der Waals surface area contributed by atoms with Gasteiger partial charge in [0.1, 0.15) is 0 Å². The third-order valence-corrected chi connectivity index (χ3v) is 3.84. The van der Waals surface area contributed by atoms with Gasteiger partial charge in [0.15, 0.2) is 5.13 Å². The van der Waals surface area contributed by atoms with Gasteiger partial charge >= 0.3 is 0 Å². The molecule has 106 valence electrons. The molecular weight excluding hydrogens is 270 g/mol. The average Bonchev–Trinajstić information content (AvgIpc) is 2.93. The topological polar surface area (TPSA) is 54.0 Å². The zero-order chi connectivity index (χ0) is 14.4. The molecule has 4 nitrogen and oxygen atoms in total. The van der Waals surface area contributed by atoms with E-state index in [2.05, 4.69) is 45.3 Å². The highest BCUT2D eigenvalue weighted by atomic mass is 32.1. The molecule has 1 aromatic carbocycles. The lowest BCUT2D eigenvalue weighted by atomic mass is 10.1. The molecule has 1 heterocycles. The van der Waals surface area contributed by atoms with Gasteiger partial charge in [-0.05, 0) is 18.4 Å². The van der Waals surface area contributed by atoms with Crippen molar-refractivity contribution in [2.75, 3.05) is 18.9 Å². The Labute approximate surface area is 123 Å². The Hall–Kier alpha value is -1.88. The van der Waals surface area contributed by atoms with Crippen molar-refractivity contribution >= 4 is 22.4 Å². The smallest absolute Gasteiger partial charge is 0.216 e. The molecule has 0 unspecified atom stereocenters. The van der Waals surface area contributed by atoms with Crippen molar-refractivity contribution in [1.29, 1.82) is 0 Å². The van der Waals surface area contributed by atoms with Crippen LogP contribution in [0.25, 0.3) is 11.3 Å². The van der Waals surface area contributed by atoms with E-state index in [0.717, 1.165) is 35.8 Å². The number of nitrogens with one attached hydrogen (secondary N) is 2. The van der Waals surface area contributed by atoms with Gasteiger partial charge in [-0.2, -0.15) is 0 Å². The van der Waals surface area contributed by atoms with E-state index in [1.54, 1.807) is 18.3 Å². The Morgan fingerprint density at radius 1 is 1.30 bits per heavy atom. The van der Waals surface area contributed by atoms with Crippen LogP contribution in [0.1, 0.15) is 18.9 Å². The first kappa shape index (κ1) is 14.5. The van der Waals surface area contributed by atoms with Crippen molar-refractivity contribution in [3.8, 4) is 11.3 Å². The van der Waals surface area contributed by atoms with Gasteiger partial charge in [-0.25, -0.2) is 4.98 Å². The molecule has 0 bridgehead atoms. The number of aryl methyl sites for hydroxylation is 1. The summed E-state index contributed by atoms with van der Waals surface area (Å²) in [6.07, 6.45) is 1.93. The van der Waals surface area contributed by atoms with E-state index in [1.807, 2.05) is 7.05 Å². The van der Waals surface area contributed by atoms with E-state index < -0.39 is 0 Å². The van der Waals surface area contributed by atoms with Gasteiger partial charge in [0.25, 0.3) is 0 Å². The number of hydrogen-bond acceptors (Lipinski definition) is 4. The van der Waals surface area contributed by atoms with Gasteiger partial charge in [-0.3, -0.25) is 4.79 Å². The van der Waals surface area contributed by atoms with Gasteiger partial charge in [0.05, 0.1) is 5.69 Å².